The summed E-state index contributed by atoms with van der Waals surface area (Å²) in [4.78, 5) is 0. The highest BCUT2D eigenvalue weighted by molar-refractivity contribution is 9.10. The summed E-state index contributed by atoms with van der Waals surface area (Å²) in [6.45, 7) is 4.91. The van der Waals surface area contributed by atoms with Gasteiger partial charge in [-0.05, 0) is 31.5 Å². The molecule has 1 heterocycles. The number of halogens is 1. The molecule has 2 nitrogen and oxygen atoms in total. The minimum atomic E-state index is -0.303. The van der Waals surface area contributed by atoms with Gasteiger partial charge in [0.05, 0.1) is 6.10 Å². The first-order chi connectivity index (χ1) is 7.63. The molecule has 1 aromatic heterocycles. The van der Waals surface area contributed by atoms with E-state index in [0.717, 1.165) is 11.0 Å². The molecule has 0 saturated heterocycles. The van der Waals surface area contributed by atoms with Crippen LogP contribution in [0.4, 0.5) is 0 Å². The highest BCUT2D eigenvalue weighted by atomic mass is 79.9. The summed E-state index contributed by atoms with van der Waals surface area (Å²) in [5, 5.41) is 10.7. The van der Waals surface area contributed by atoms with Crippen LogP contribution in [0.5, 0.6) is 0 Å². The molecule has 0 aliphatic heterocycles. The molecule has 0 radical (unpaired) electrons. The van der Waals surface area contributed by atoms with E-state index in [2.05, 4.69) is 39.7 Å². The van der Waals surface area contributed by atoms with Gasteiger partial charge in [0.25, 0.3) is 0 Å². The molecule has 0 spiro atoms. The van der Waals surface area contributed by atoms with Crippen LogP contribution in [0, 0.1) is 0 Å². The zero-order valence-corrected chi connectivity index (χ0v) is 11.2. The fourth-order valence-electron chi connectivity index (χ4n) is 2.13. The number of hydrogen-bond acceptors (Lipinski definition) is 1. The van der Waals surface area contributed by atoms with E-state index in [1.165, 1.54) is 16.5 Å². The summed E-state index contributed by atoms with van der Waals surface area (Å²) in [6, 6.07) is 6.22. The lowest BCUT2D eigenvalue weighted by Crippen LogP contribution is -2.03. The van der Waals surface area contributed by atoms with Crippen molar-refractivity contribution in [3.63, 3.8) is 0 Å². The Morgan fingerprint density at radius 2 is 2.19 bits per heavy atom. The van der Waals surface area contributed by atoms with Gasteiger partial charge in [-0.2, -0.15) is 0 Å². The van der Waals surface area contributed by atoms with Gasteiger partial charge in [0.15, 0.2) is 0 Å². The van der Waals surface area contributed by atoms with Crippen molar-refractivity contribution in [1.82, 2.24) is 4.57 Å². The second-order valence-corrected chi connectivity index (χ2v) is 4.98. The maximum Gasteiger partial charge on any atom is 0.0553 e. The molecule has 86 valence electrons. The predicted molar refractivity (Wildman–Crippen MR) is 70.7 cm³/mol. The number of aryl methyl sites for hydroxylation is 1. The molecular formula is C13H16BrNO. The third kappa shape index (κ3) is 2.02. The standard InChI is InChI=1S/C13H16BrNO/c1-3-15-8-10(7-9(2)16)13-11(14)5-4-6-12(13)15/h4-6,8-9,16H,3,7H2,1-2H3. The third-order valence-corrected chi connectivity index (χ3v) is 3.45. The van der Waals surface area contributed by atoms with E-state index >= 15 is 0 Å². The second-order valence-electron chi connectivity index (χ2n) is 4.13. The van der Waals surface area contributed by atoms with E-state index in [9.17, 15) is 5.11 Å². The average molecular weight is 282 g/mol. The summed E-state index contributed by atoms with van der Waals surface area (Å²) in [5.41, 5.74) is 2.44. The number of aliphatic hydroxyl groups is 1. The Kier molecular flexibility index (Phi) is 3.36. The molecule has 0 bridgehead atoms. The number of aliphatic hydroxyl groups excluding tert-OH is 1. The van der Waals surface area contributed by atoms with E-state index < -0.39 is 0 Å². The molecule has 0 fully saturated rings. The molecule has 1 aromatic carbocycles. The van der Waals surface area contributed by atoms with Crippen molar-refractivity contribution < 1.29 is 5.11 Å². The van der Waals surface area contributed by atoms with E-state index in [1.807, 2.05) is 19.1 Å². The van der Waals surface area contributed by atoms with Gasteiger partial charge >= 0.3 is 0 Å². The predicted octanol–water partition coefficient (Wildman–Crippen LogP) is 3.35. The summed E-state index contributed by atoms with van der Waals surface area (Å²) >= 11 is 3.59. The molecule has 2 aromatic rings. The number of fused-ring (bicyclic) bond motifs is 1. The molecule has 3 heteroatoms. The lowest BCUT2D eigenvalue weighted by atomic mass is 10.1. The number of rotatable bonds is 3. The summed E-state index contributed by atoms with van der Waals surface area (Å²) in [5.74, 6) is 0. The Morgan fingerprint density at radius 3 is 2.81 bits per heavy atom. The van der Waals surface area contributed by atoms with Crippen molar-refractivity contribution in [3.8, 4) is 0 Å². The third-order valence-electron chi connectivity index (χ3n) is 2.79. The van der Waals surface area contributed by atoms with E-state index in [-0.39, 0.29) is 6.10 Å². The van der Waals surface area contributed by atoms with Crippen LogP contribution < -0.4 is 0 Å². The molecule has 0 aliphatic rings. The number of nitrogens with zero attached hydrogens (tertiary/aromatic N) is 1. The zero-order chi connectivity index (χ0) is 11.7. The maximum absolute atomic E-state index is 9.51. The van der Waals surface area contributed by atoms with Crippen LogP contribution in [-0.2, 0) is 13.0 Å². The van der Waals surface area contributed by atoms with Crippen LogP contribution in [-0.4, -0.2) is 15.8 Å². The Morgan fingerprint density at radius 1 is 1.44 bits per heavy atom. The molecule has 0 amide bonds. The first-order valence-electron chi connectivity index (χ1n) is 5.57. The van der Waals surface area contributed by atoms with Crippen LogP contribution >= 0.6 is 15.9 Å². The molecule has 16 heavy (non-hydrogen) atoms. The van der Waals surface area contributed by atoms with Gasteiger partial charge in [0.2, 0.25) is 0 Å². The number of benzene rings is 1. The number of hydrogen-bond donors (Lipinski definition) is 1. The fraction of sp³-hybridized carbons (Fsp3) is 0.385. The first kappa shape index (κ1) is 11.7. The minimum absolute atomic E-state index is 0.303. The Balaban J connectivity index is 2.64. The van der Waals surface area contributed by atoms with Gasteiger partial charge in [-0.3, -0.25) is 0 Å². The average Bonchev–Trinajstić information content (AvgIpc) is 2.57. The first-order valence-corrected chi connectivity index (χ1v) is 6.37. The van der Waals surface area contributed by atoms with Gasteiger partial charge in [-0.25, -0.2) is 0 Å². The van der Waals surface area contributed by atoms with Gasteiger partial charge in [-0.15, -0.1) is 0 Å². The van der Waals surface area contributed by atoms with E-state index in [0.29, 0.717) is 6.42 Å². The SMILES string of the molecule is CCn1cc(CC(C)O)c2c(Br)cccc21. The van der Waals surface area contributed by atoms with Crippen molar-refractivity contribution in [3.05, 3.63) is 34.4 Å². The van der Waals surface area contributed by atoms with Crippen molar-refractivity contribution in [1.29, 1.82) is 0 Å². The van der Waals surface area contributed by atoms with Crippen molar-refractivity contribution in [2.45, 2.75) is 32.9 Å². The van der Waals surface area contributed by atoms with Crippen LogP contribution in [0.1, 0.15) is 19.4 Å². The van der Waals surface area contributed by atoms with Gasteiger partial charge in [0, 0.05) is 34.5 Å². The Hall–Kier alpha value is -0.800. The van der Waals surface area contributed by atoms with Crippen LogP contribution in [0.15, 0.2) is 28.9 Å². The monoisotopic (exact) mass is 281 g/mol. The van der Waals surface area contributed by atoms with Crippen LogP contribution in [0.25, 0.3) is 10.9 Å². The van der Waals surface area contributed by atoms with Gasteiger partial charge in [0.1, 0.15) is 0 Å². The molecule has 0 saturated carbocycles. The lowest BCUT2D eigenvalue weighted by molar-refractivity contribution is 0.196. The minimum Gasteiger partial charge on any atom is -0.393 e. The zero-order valence-electron chi connectivity index (χ0n) is 9.57. The second kappa shape index (κ2) is 4.60. The van der Waals surface area contributed by atoms with Crippen LogP contribution in [0.2, 0.25) is 0 Å². The van der Waals surface area contributed by atoms with Crippen molar-refractivity contribution >= 4 is 26.8 Å². The molecule has 1 N–H and O–H groups in total. The molecule has 1 unspecified atom stereocenters. The lowest BCUT2D eigenvalue weighted by Gasteiger charge is -2.03. The Bertz CT molecular complexity index is 502. The smallest absolute Gasteiger partial charge is 0.0553 e. The van der Waals surface area contributed by atoms with Crippen molar-refractivity contribution in [2.24, 2.45) is 0 Å². The highest BCUT2D eigenvalue weighted by Gasteiger charge is 2.11. The highest BCUT2D eigenvalue weighted by Crippen LogP contribution is 2.29. The van der Waals surface area contributed by atoms with Crippen molar-refractivity contribution in [2.75, 3.05) is 0 Å². The van der Waals surface area contributed by atoms with E-state index in [4.69, 9.17) is 0 Å². The molecule has 2 rings (SSSR count). The maximum atomic E-state index is 9.51. The number of aromatic nitrogens is 1. The topological polar surface area (TPSA) is 25.2 Å². The molecule has 0 aliphatic carbocycles. The van der Waals surface area contributed by atoms with Crippen LogP contribution in [0.3, 0.4) is 0 Å². The quantitative estimate of drug-likeness (QED) is 0.917. The largest absolute Gasteiger partial charge is 0.393 e. The molecule has 1 atom stereocenters. The normalized spacial score (nSPS) is 13.2. The van der Waals surface area contributed by atoms with Gasteiger partial charge in [-0.1, -0.05) is 22.0 Å². The van der Waals surface area contributed by atoms with Gasteiger partial charge < -0.3 is 9.67 Å². The summed E-state index contributed by atoms with van der Waals surface area (Å²) in [6.07, 6.45) is 2.54. The Labute approximate surface area is 104 Å². The summed E-state index contributed by atoms with van der Waals surface area (Å²) in [7, 11) is 0. The summed E-state index contributed by atoms with van der Waals surface area (Å²) < 4.78 is 3.32. The molecular weight excluding hydrogens is 266 g/mol. The fourth-order valence-corrected chi connectivity index (χ4v) is 2.74. The van der Waals surface area contributed by atoms with E-state index in [1.54, 1.807) is 0 Å².